The van der Waals surface area contributed by atoms with E-state index in [1.54, 1.807) is 11.1 Å². The van der Waals surface area contributed by atoms with Crippen molar-refractivity contribution in [2.45, 2.75) is 13.3 Å². The van der Waals surface area contributed by atoms with Crippen LogP contribution in [-0.4, -0.2) is 41.3 Å². The highest BCUT2D eigenvalue weighted by Crippen LogP contribution is 2.35. The number of nitrogen functional groups attached to an aromatic ring is 1. The predicted octanol–water partition coefficient (Wildman–Crippen LogP) is 1.15. The molecule has 1 saturated heterocycles. The van der Waals surface area contributed by atoms with Gasteiger partial charge in [0.15, 0.2) is 0 Å². The van der Waals surface area contributed by atoms with Crippen LogP contribution in [0.1, 0.15) is 21.7 Å². The average molecular weight is 304 g/mol. The van der Waals surface area contributed by atoms with Gasteiger partial charge in [-0.15, -0.1) is 11.3 Å². The Hall–Kier alpha value is -2.15. The first-order valence-electron chi connectivity index (χ1n) is 6.77. The van der Waals surface area contributed by atoms with E-state index in [2.05, 4.69) is 10.3 Å². The summed E-state index contributed by atoms with van der Waals surface area (Å²) in [5.41, 5.74) is 7.66. The molecule has 7 heteroatoms. The quantitative estimate of drug-likeness (QED) is 0.827. The van der Waals surface area contributed by atoms with Gasteiger partial charge in [0, 0.05) is 37.6 Å². The zero-order chi connectivity index (χ0) is 15.0. The number of carbonyl (C=O) groups is 2. The van der Waals surface area contributed by atoms with Crippen LogP contribution in [0.5, 0.6) is 0 Å². The van der Waals surface area contributed by atoms with E-state index in [1.807, 2.05) is 13.0 Å². The third kappa shape index (κ3) is 2.44. The molecule has 1 aliphatic heterocycles. The van der Waals surface area contributed by atoms with Crippen molar-refractivity contribution >= 4 is 39.1 Å². The second-order valence-electron chi connectivity index (χ2n) is 5.05. The molecule has 2 aromatic rings. The fraction of sp³-hybridized carbons (Fsp3) is 0.357. The number of anilines is 1. The Kier molecular flexibility index (Phi) is 3.50. The molecule has 2 amide bonds. The second kappa shape index (κ2) is 5.33. The van der Waals surface area contributed by atoms with E-state index >= 15 is 0 Å². The molecule has 1 aliphatic rings. The van der Waals surface area contributed by atoms with Crippen molar-refractivity contribution in [1.82, 2.24) is 15.2 Å². The molecule has 0 aliphatic carbocycles. The Morgan fingerprint density at radius 1 is 1.48 bits per heavy atom. The maximum absolute atomic E-state index is 12.7. The van der Waals surface area contributed by atoms with Crippen molar-refractivity contribution in [2.24, 2.45) is 0 Å². The largest absolute Gasteiger partial charge is 0.397 e. The van der Waals surface area contributed by atoms with Gasteiger partial charge in [-0.3, -0.25) is 9.59 Å². The molecule has 0 bridgehead atoms. The third-order valence-electron chi connectivity index (χ3n) is 3.63. The van der Waals surface area contributed by atoms with Gasteiger partial charge in [0.25, 0.3) is 5.91 Å². The number of fused-ring (bicyclic) bond motifs is 1. The molecule has 0 spiro atoms. The topological polar surface area (TPSA) is 88.3 Å². The molecule has 1 fully saturated rings. The Labute approximate surface area is 125 Å². The molecule has 3 N–H and O–H groups in total. The summed E-state index contributed by atoms with van der Waals surface area (Å²) in [4.78, 5) is 31.3. The van der Waals surface area contributed by atoms with Crippen LogP contribution in [-0.2, 0) is 4.79 Å². The summed E-state index contributed by atoms with van der Waals surface area (Å²) in [5.74, 6) is -0.140. The normalized spacial score (nSPS) is 15.9. The fourth-order valence-corrected chi connectivity index (χ4v) is 3.58. The first kappa shape index (κ1) is 13.8. The van der Waals surface area contributed by atoms with Crippen LogP contribution in [0.15, 0.2) is 12.3 Å². The summed E-state index contributed by atoms with van der Waals surface area (Å²) in [6.45, 7) is 3.36. The number of thiophene rings is 1. The molecule has 0 aromatic carbocycles. The molecule has 0 unspecified atom stereocenters. The standard InChI is InChI=1S/C14H16N4O2S/c1-8-2-4-17-13-10(8)11(15)12(21-13)14(20)18-6-3-9(19)16-5-7-18/h2,4H,3,5-7,15H2,1H3,(H,16,19). The van der Waals surface area contributed by atoms with Crippen LogP contribution in [0, 0.1) is 6.92 Å². The molecule has 6 nitrogen and oxygen atoms in total. The van der Waals surface area contributed by atoms with Crippen molar-refractivity contribution in [2.75, 3.05) is 25.4 Å². The summed E-state index contributed by atoms with van der Waals surface area (Å²) in [6.07, 6.45) is 2.05. The summed E-state index contributed by atoms with van der Waals surface area (Å²) >= 11 is 1.31. The van der Waals surface area contributed by atoms with E-state index < -0.39 is 0 Å². The monoisotopic (exact) mass is 304 g/mol. The molecule has 0 radical (unpaired) electrons. The van der Waals surface area contributed by atoms with E-state index in [0.29, 0.717) is 36.6 Å². The molecule has 3 rings (SSSR count). The highest BCUT2D eigenvalue weighted by Gasteiger charge is 2.25. The number of nitrogens with one attached hydrogen (secondary N) is 1. The van der Waals surface area contributed by atoms with Crippen molar-refractivity contribution in [1.29, 1.82) is 0 Å². The second-order valence-corrected chi connectivity index (χ2v) is 6.04. The number of nitrogens with zero attached hydrogens (tertiary/aromatic N) is 2. The summed E-state index contributed by atoms with van der Waals surface area (Å²) in [6, 6.07) is 1.88. The lowest BCUT2D eigenvalue weighted by Crippen LogP contribution is -2.34. The van der Waals surface area contributed by atoms with E-state index in [0.717, 1.165) is 15.8 Å². The van der Waals surface area contributed by atoms with Gasteiger partial charge in [-0.25, -0.2) is 4.98 Å². The number of amides is 2. The Morgan fingerprint density at radius 2 is 2.29 bits per heavy atom. The number of nitrogens with two attached hydrogens (primary N) is 1. The Balaban J connectivity index is 1.96. The van der Waals surface area contributed by atoms with Gasteiger partial charge in [-0.1, -0.05) is 0 Å². The number of hydrogen-bond acceptors (Lipinski definition) is 5. The maximum atomic E-state index is 12.7. The predicted molar refractivity (Wildman–Crippen MR) is 82.3 cm³/mol. The first-order chi connectivity index (χ1) is 10.1. The van der Waals surface area contributed by atoms with Gasteiger partial charge in [0.05, 0.1) is 5.69 Å². The minimum absolute atomic E-state index is 0.0212. The Morgan fingerprint density at radius 3 is 3.05 bits per heavy atom. The average Bonchev–Trinajstić information content (AvgIpc) is 2.65. The van der Waals surface area contributed by atoms with Crippen LogP contribution in [0.3, 0.4) is 0 Å². The van der Waals surface area contributed by atoms with Gasteiger partial charge >= 0.3 is 0 Å². The van der Waals surface area contributed by atoms with Crippen molar-refractivity contribution < 1.29 is 9.59 Å². The number of carbonyl (C=O) groups excluding carboxylic acids is 2. The van der Waals surface area contributed by atoms with E-state index in [9.17, 15) is 9.59 Å². The maximum Gasteiger partial charge on any atom is 0.266 e. The van der Waals surface area contributed by atoms with Crippen molar-refractivity contribution in [3.05, 3.63) is 22.7 Å². The molecular formula is C14H16N4O2S. The molecule has 2 aromatic heterocycles. The fourth-order valence-electron chi connectivity index (χ4n) is 2.48. The van der Waals surface area contributed by atoms with Crippen LogP contribution < -0.4 is 11.1 Å². The smallest absolute Gasteiger partial charge is 0.266 e. The minimum Gasteiger partial charge on any atom is -0.397 e. The first-order valence-corrected chi connectivity index (χ1v) is 7.59. The molecule has 3 heterocycles. The lowest BCUT2D eigenvalue weighted by Gasteiger charge is -2.18. The minimum atomic E-state index is -0.119. The molecule has 0 saturated carbocycles. The van der Waals surface area contributed by atoms with Crippen molar-refractivity contribution in [3.63, 3.8) is 0 Å². The zero-order valence-corrected chi connectivity index (χ0v) is 12.5. The van der Waals surface area contributed by atoms with E-state index in [-0.39, 0.29) is 11.8 Å². The van der Waals surface area contributed by atoms with Gasteiger partial charge in [-0.05, 0) is 18.6 Å². The lowest BCUT2D eigenvalue weighted by molar-refractivity contribution is -0.120. The highest BCUT2D eigenvalue weighted by molar-refractivity contribution is 7.21. The number of aryl methyl sites for hydroxylation is 1. The third-order valence-corrected chi connectivity index (χ3v) is 4.73. The van der Waals surface area contributed by atoms with Gasteiger partial charge in [0.2, 0.25) is 5.91 Å². The van der Waals surface area contributed by atoms with Gasteiger partial charge in [-0.2, -0.15) is 0 Å². The number of pyridine rings is 1. The van der Waals surface area contributed by atoms with Crippen LogP contribution in [0.4, 0.5) is 5.69 Å². The van der Waals surface area contributed by atoms with Gasteiger partial charge < -0.3 is 16.0 Å². The number of rotatable bonds is 1. The van der Waals surface area contributed by atoms with Crippen molar-refractivity contribution in [3.8, 4) is 0 Å². The molecule has 110 valence electrons. The van der Waals surface area contributed by atoms with E-state index in [4.69, 9.17) is 5.73 Å². The number of hydrogen-bond donors (Lipinski definition) is 2. The zero-order valence-electron chi connectivity index (χ0n) is 11.7. The van der Waals surface area contributed by atoms with Crippen LogP contribution in [0.25, 0.3) is 10.2 Å². The Bertz CT molecular complexity index is 725. The summed E-state index contributed by atoms with van der Waals surface area (Å²) in [5, 5.41) is 3.61. The molecule has 0 atom stereocenters. The van der Waals surface area contributed by atoms with Gasteiger partial charge in [0.1, 0.15) is 9.71 Å². The van der Waals surface area contributed by atoms with E-state index in [1.165, 1.54) is 11.3 Å². The highest BCUT2D eigenvalue weighted by atomic mass is 32.1. The van der Waals surface area contributed by atoms with Crippen LogP contribution in [0.2, 0.25) is 0 Å². The SMILES string of the molecule is Cc1ccnc2sc(C(=O)N3CCNC(=O)CC3)c(N)c12. The summed E-state index contributed by atoms with van der Waals surface area (Å²) < 4.78 is 0. The molecule has 21 heavy (non-hydrogen) atoms. The number of aromatic nitrogens is 1. The summed E-state index contributed by atoms with van der Waals surface area (Å²) in [7, 11) is 0. The van der Waals surface area contributed by atoms with Crippen LogP contribution >= 0.6 is 11.3 Å². The lowest BCUT2D eigenvalue weighted by atomic mass is 10.1. The molecular weight excluding hydrogens is 288 g/mol.